The minimum atomic E-state index is 0.722. The van der Waals surface area contributed by atoms with E-state index in [0.717, 1.165) is 61.8 Å². The van der Waals surface area contributed by atoms with Crippen LogP contribution in [0.4, 0.5) is 5.82 Å². The smallest absolute Gasteiger partial charge is 0.154 e. The van der Waals surface area contributed by atoms with Crippen molar-refractivity contribution >= 4 is 11.5 Å². The first kappa shape index (κ1) is 18.4. The SMILES string of the molecule is CCCCNc1ccc2ncc(-c3ccc(CNCCOC)cc3)n2n1. The van der Waals surface area contributed by atoms with Gasteiger partial charge in [0.1, 0.15) is 5.82 Å². The van der Waals surface area contributed by atoms with Crippen molar-refractivity contribution in [3.8, 4) is 11.3 Å². The summed E-state index contributed by atoms with van der Waals surface area (Å²) in [7, 11) is 1.71. The van der Waals surface area contributed by atoms with Crippen molar-refractivity contribution in [3.63, 3.8) is 0 Å². The molecule has 2 heterocycles. The lowest BCUT2D eigenvalue weighted by molar-refractivity contribution is 0.199. The molecule has 26 heavy (non-hydrogen) atoms. The van der Waals surface area contributed by atoms with Gasteiger partial charge in [0, 0.05) is 32.3 Å². The van der Waals surface area contributed by atoms with Crippen molar-refractivity contribution in [1.82, 2.24) is 19.9 Å². The molecule has 0 saturated heterocycles. The third-order valence-electron chi connectivity index (χ3n) is 4.26. The van der Waals surface area contributed by atoms with Crippen molar-refractivity contribution < 1.29 is 4.74 Å². The maximum absolute atomic E-state index is 5.04. The molecule has 0 radical (unpaired) electrons. The van der Waals surface area contributed by atoms with Gasteiger partial charge in [0.2, 0.25) is 0 Å². The number of hydrogen-bond donors (Lipinski definition) is 2. The van der Waals surface area contributed by atoms with Gasteiger partial charge in [-0.05, 0) is 24.1 Å². The predicted molar refractivity (Wildman–Crippen MR) is 105 cm³/mol. The van der Waals surface area contributed by atoms with E-state index in [-0.39, 0.29) is 0 Å². The quantitative estimate of drug-likeness (QED) is 0.547. The highest BCUT2D eigenvalue weighted by Crippen LogP contribution is 2.21. The van der Waals surface area contributed by atoms with E-state index in [1.54, 1.807) is 7.11 Å². The Morgan fingerprint density at radius 2 is 1.92 bits per heavy atom. The molecule has 2 N–H and O–H groups in total. The maximum Gasteiger partial charge on any atom is 0.154 e. The first-order valence-electron chi connectivity index (χ1n) is 9.19. The lowest BCUT2D eigenvalue weighted by Crippen LogP contribution is -2.18. The average molecular weight is 353 g/mol. The molecule has 0 aliphatic carbocycles. The maximum atomic E-state index is 5.04. The Hall–Kier alpha value is -2.44. The minimum Gasteiger partial charge on any atom is -0.383 e. The van der Waals surface area contributed by atoms with Gasteiger partial charge in [0.15, 0.2) is 5.65 Å². The molecule has 3 aromatic rings. The predicted octanol–water partition coefficient (Wildman–Crippen LogP) is 3.34. The highest BCUT2D eigenvalue weighted by molar-refractivity contribution is 5.63. The molecule has 0 saturated carbocycles. The number of hydrogen-bond acceptors (Lipinski definition) is 5. The van der Waals surface area contributed by atoms with Gasteiger partial charge in [0.25, 0.3) is 0 Å². The van der Waals surface area contributed by atoms with Crippen molar-refractivity contribution in [2.45, 2.75) is 26.3 Å². The van der Waals surface area contributed by atoms with Crippen LogP contribution < -0.4 is 10.6 Å². The second kappa shape index (κ2) is 9.31. The van der Waals surface area contributed by atoms with Crippen molar-refractivity contribution in [2.75, 3.05) is 32.1 Å². The summed E-state index contributed by atoms with van der Waals surface area (Å²) in [6.45, 7) is 5.52. The molecule has 0 aliphatic heterocycles. The summed E-state index contributed by atoms with van der Waals surface area (Å²) in [5.41, 5.74) is 4.20. The van der Waals surface area contributed by atoms with Crippen LogP contribution in [0.25, 0.3) is 16.9 Å². The van der Waals surface area contributed by atoms with Crippen LogP contribution in [-0.4, -0.2) is 41.4 Å². The molecule has 6 nitrogen and oxygen atoms in total. The molecule has 0 unspecified atom stereocenters. The summed E-state index contributed by atoms with van der Waals surface area (Å²) >= 11 is 0. The summed E-state index contributed by atoms with van der Waals surface area (Å²) in [5, 5.41) is 11.4. The van der Waals surface area contributed by atoms with Crippen LogP contribution in [0.1, 0.15) is 25.3 Å². The Morgan fingerprint density at radius 1 is 1.08 bits per heavy atom. The lowest BCUT2D eigenvalue weighted by atomic mass is 10.1. The second-order valence-corrected chi connectivity index (χ2v) is 6.28. The normalized spacial score (nSPS) is 11.2. The molecule has 2 aromatic heterocycles. The minimum absolute atomic E-state index is 0.722. The van der Waals surface area contributed by atoms with E-state index in [1.165, 1.54) is 5.56 Å². The highest BCUT2D eigenvalue weighted by Gasteiger charge is 2.08. The fourth-order valence-electron chi connectivity index (χ4n) is 2.76. The largest absolute Gasteiger partial charge is 0.383 e. The van der Waals surface area contributed by atoms with Gasteiger partial charge in [-0.15, -0.1) is 5.10 Å². The summed E-state index contributed by atoms with van der Waals surface area (Å²) in [5.74, 6) is 0.879. The van der Waals surface area contributed by atoms with E-state index in [4.69, 9.17) is 9.84 Å². The fourth-order valence-corrected chi connectivity index (χ4v) is 2.76. The molecule has 0 spiro atoms. The van der Waals surface area contributed by atoms with Crippen LogP contribution in [0.15, 0.2) is 42.6 Å². The third kappa shape index (κ3) is 4.59. The van der Waals surface area contributed by atoms with Crippen LogP contribution in [0, 0.1) is 0 Å². The number of benzene rings is 1. The van der Waals surface area contributed by atoms with Crippen LogP contribution in [0.5, 0.6) is 0 Å². The molecular weight excluding hydrogens is 326 g/mol. The van der Waals surface area contributed by atoms with Crippen LogP contribution >= 0.6 is 0 Å². The number of nitrogens with one attached hydrogen (secondary N) is 2. The van der Waals surface area contributed by atoms with Crippen molar-refractivity contribution in [2.24, 2.45) is 0 Å². The molecule has 1 aromatic carbocycles. The van der Waals surface area contributed by atoms with Crippen LogP contribution in [0.2, 0.25) is 0 Å². The third-order valence-corrected chi connectivity index (χ3v) is 4.26. The first-order chi connectivity index (χ1) is 12.8. The number of nitrogens with zero attached hydrogens (tertiary/aromatic N) is 3. The number of unbranched alkanes of at least 4 members (excludes halogenated alkanes) is 1. The van der Waals surface area contributed by atoms with E-state index < -0.39 is 0 Å². The molecular formula is C20H27N5O. The summed E-state index contributed by atoms with van der Waals surface area (Å²) in [6, 6.07) is 12.5. The number of anilines is 1. The van der Waals surface area contributed by atoms with Crippen LogP contribution in [-0.2, 0) is 11.3 Å². The Kier molecular flexibility index (Phi) is 6.57. The molecule has 3 rings (SSSR count). The van der Waals surface area contributed by atoms with Crippen LogP contribution in [0.3, 0.4) is 0 Å². The Bertz CT molecular complexity index is 813. The molecule has 138 valence electrons. The number of methoxy groups -OCH3 is 1. The number of aromatic nitrogens is 3. The van der Waals surface area contributed by atoms with Crippen molar-refractivity contribution in [1.29, 1.82) is 0 Å². The van der Waals surface area contributed by atoms with E-state index in [9.17, 15) is 0 Å². The van der Waals surface area contributed by atoms with E-state index in [0.29, 0.717) is 0 Å². The van der Waals surface area contributed by atoms with Gasteiger partial charge in [-0.2, -0.15) is 0 Å². The van der Waals surface area contributed by atoms with E-state index in [1.807, 2.05) is 22.8 Å². The highest BCUT2D eigenvalue weighted by atomic mass is 16.5. The molecule has 0 amide bonds. The number of rotatable bonds is 10. The Labute approximate surface area is 154 Å². The standard InChI is InChI=1S/C20H27N5O/c1-3-4-11-22-19-9-10-20-23-15-18(25(20)24-19)17-7-5-16(6-8-17)14-21-12-13-26-2/h5-10,15,21H,3-4,11-14H2,1-2H3,(H,22,24). The lowest BCUT2D eigenvalue weighted by Gasteiger charge is -2.08. The van der Waals surface area contributed by atoms with Gasteiger partial charge in [-0.3, -0.25) is 0 Å². The zero-order chi connectivity index (χ0) is 18.2. The monoisotopic (exact) mass is 353 g/mol. The van der Waals surface area contributed by atoms with E-state index >= 15 is 0 Å². The zero-order valence-corrected chi connectivity index (χ0v) is 15.5. The Morgan fingerprint density at radius 3 is 2.69 bits per heavy atom. The van der Waals surface area contributed by atoms with Crippen molar-refractivity contribution in [3.05, 3.63) is 48.2 Å². The first-order valence-corrected chi connectivity index (χ1v) is 9.19. The second-order valence-electron chi connectivity index (χ2n) is 6.28. The average Bonchev–Trinajstić information content (AvgIpc) is 3.09. The zero-order valence-electron chi connectivity index (χ0n) is 15.5. The molecule has 0 bridgehead atoms. The number of fused-ring (bicyclic) bond motifs is 1. The Balaban J connectivity index is 1.73. The molecule has 0 fully saturated rings. The fraction of sp³-hybridized carbons (Fsp3) is 0.400. The van der Waals surface area contributed by atoms with Gasteiger partial charge in [-0.1, -0.05) is 37.6 Å². The topological polar surface area (TPSA) is 63.5 Å². The van der Waals surface area contributed by atoms with Gasteiger partial charge in [-0.25, -0.2) is 9.50 Å². The number of imidazole rings is 1. The summed E-state index contributed by atoms with van der Waals surface area (Å²) in [4.78, 5) is 4.47. The van der Waals surface area contributed by atoms with Gasteiger partial charge >= 0.3 is 0 Å². The van der Waals surface area contributed by atoms with Gasteiger partial charge < -0.3 is 15.4 Å². The molecule has 0 aliphatic rings. The summed E-state index contributed by atoms with van der Waals surface area (Å²) < 4.78 is 6.95. The summed E-state index contributed by atoms with van der Waals surface area (Å²) in [6.07, 6.45) is 4.18. The van der Waals surface area contributed by atoms with E-state index in [2.05, 4.69) is 46.8 Å². The molecule has 6 heteroatoms. The van der Waals surface area contributed by atoms with Gasteiger partial charge in [0.05, 0.1) is 18.5 Å². The number of ether oxygens (including phenoxy) is 1. The molecule has 0 atom stereocenters.